The Labute approximate surface area is 186 Å². The molecule has 1 aliphatic heterocycles. The van der Waals surface area contributed by atoms with Crippen molar-refractivity contribution < 1.29 is 17.6 Å². The fraction of sp³-hybridized carbons (Fsp3) is 0.409. The molecule has 0 aliphatic carbocycles. The molecule has 2 heterocycles. The van der Waals surface area contributed by atoms with Crippen LogP contribution in [0, 0.1) is 11.7 Å². The van der Waals surface area contributed by atoms with Gasteiger partial charge in [-0.2, -0.15) is 4.31 Å². The molecule has 8 nitrogen and oxygen atoms in total. The maximum Gasteiger partial charge on any atom is 0.243 e. The Bertz CT molecular complexity index is 1230. The number of piperidine rings is 1. The number of aryl methyl sites for hydroxylation is 1. The average Bonchev–Trinajstić information content (AvgIpc) is 3.21. The maximum absolute atomic E-state index is 13.8. The summed E-state index contributed by atoms with van der Waals surface area (Å²) in [6.07, 6.45) is 2.05. The van der Waals surface area contributed by atoms with Crippen molar-refractivity contribution in [3.05, 3.63) is 53.8 Å². The lowest BCUT2D eigenvalue weighted by atomic mass is 9.98. The number of benzene rings is 2. The summed E-state index contributed by atoms with van der Waals surface area (Å²) >= 11 is 0. The highest BCUT2D eigenvalue weighted by atomic mass is 32.2. The topological polar surface area (TPSA) is 97.2 Å². The molecular formula is C22H26FN5O3S. The highest BCUT2D eigenvalue weighted by Crippen LogP contribution is 2.26. The monoisotopic (exact) mass is 459 g/mol. The van der Waals surface area contributed by atoms with Crippen LogP contribution in [0.4, 0.5) is 4.39 Å². The molecule has 1 saturated heterocycles. The van der Waals surface area contributed by atoms with Gasteiger partial charge < -0.3 is 5.32 Å². The van der Waals surface area contributed by atoms with Gasteiger partial charge in [0.15, 0.2) is 0 Å². The van der Waals surface area contributed by atoms with E-state index in [0.29, 0.717) is 37.0 Å². The van der Waals surface area contributed by atoms with Crippen LogP contribution in [-0.2, 0) is 27.9 Å². The third kappa shape index (κ3) is 4.51. The number of sulfonamides is 1. The van der Waals surface area contributed by atoms with E-state index in [1.807, 2.05) is 6.92 Å². The number of halogens is 1. The molecule has 10 heteroatoms. The molecule has 1 N–H and O–H groups in total. The molecule has 170 valence electrons. The van der Waals surface area contributed by atoms with Gasteiger partial charge in [0.05, 0.1) is 16.3 Å². The Morgan fingerprint density at radius 1 is 1.25 bits per heavy atom. The summed E-state index contributed by atoms with van der Waals surface area (Å²) < 4.78 is 43.4. The summed E-state index contributed by atoms with van der Waals surface area (Å²) in [5.41, 5.74) is 1.70. The van der Waals surface area contributed by atoms with Crippen molar-refractivity contribution in [3.63, 3.8) is 0 Å². The number of fused-ring (bicyclic) bond motifs is 1. The van der Waals surface area contributed by atoms with Gasteiger partial charge in [-0.15, -0.1) is 5.10 Å². The van der Waals surface area contributed by atoms with Crippen LogP contribution in [0.25, 0.3) is 11.0 Å². The molecule has 1 fully saturated rings. The van der Waals surface area contributed by atoms with Crippen LogP contribution in [0.15, 0.2) is 47.4 Å². The molecule has 32 heavy (non-hydrogen) atoms. The van der Waals surface area contributed by atoms with Gasteiger partial charge in [-0.1, -0.05) is 30.3 Å². The van der Waals surface area contributed by atoms with E-state index in [9.17, 15) is 17.6 Å². The Morgan fingerprint density at radius 2 is 2.06 bits per heavy atom. The van der Waals surface area contributed by atoms with Gasteiger partial charge in [0, 0.05) is 31.7 Å². The number of carbonyl (C=O) groups is 1. The van der Waals surface area contributed by atoms with Crippen LogP contribution in [-0.4, -0.2) is 46.7 Å². The van der Waals surface area contributed by atoms with E-state index in [2.05, 4.69) is 15.6 Å². The first kappa shape index (κ1) is 22.3. The second-order valence-corrected chi connectivity index (χ2v) is 9.91. The Hall–Kier alpha value is -2.85. The first-order chi connectivity index (χ1) is 15.4. The van der Waals surface area contributed by atoms with Crippen LogP contribution in [0.3, 0.4) is 0 Å². The minimum atomic E-state index is -3.78. The van der Waals surface area contributed by atoms with E-state index in [4.69, 9.17) is 0 Å². The van der Waals surface area contributed by atoms with Crippen molar-refractivity contribution in [1.82, 2.24) is 24.6 Å². The molecular weight excluding hydrogens is 433 g/mol. The number of nitrogens with one attached hydrogen (secondary N) is 1. The fourth-order valence-electron chi connectivity index (χ4n) is 3.98. The fourth-order valence-corrected chi connectivity index (χ4v) is 5.53. The number of aromatic nitrogens is 3. The molecule has 2 aromatic carbocycles. The summed E-state index contributed by atoms with van der Waals surface area (Å²) in [6, 6.07) is 11.1. The zero-order chi connectivity index (χ0) is 22.7. The predicted molar refractivity (Wildman–Crippen MR) is 118 cm³/mol. The van der Waals surface area contributed by atoms with Crippen molar-refractivity contribution in [3.8, 4) is 0 Å². The Kier molecular flexibility index (Phi) is 6.52. The second kappa shape index (κ2) is 9.33. The van der Waals surface area contributed by atoms with Crippen molar-refractivity contribution >= 4 is 27.0 Å². The van der Waals surface area contributed by atoms with Gasteiger partial charge in [0.25, 0.3) is 0 Å². The highest BCUT2D eigenvalue weighted by molar-refractivity contribution is 7.89. The van der Waals surface area contributed by atoms with Gasteiger partial charge in [-0.25, -0.2) is 17.5 Å². The Morgan fingerprint density at radius 3 is 2.84 bits per heavy atom. The molecule has 0 spiro atoms. The Balaban J connectivity index is 1.46. The quantitative estimate of drug-likeness (QED) is 0.586. The SMILES string of the molecule is CCCn1nnc2cc(S(=O)(=O)N3CCC[C@@H](C(=O)NCc4ccccc4F)C3)ccc21. The van der Waals surface area contributed by atoms with Crippen molar-refractivity contribution in [2.75, 3.05) is 13.1 Å². The van der Waals surface area contributed by atoms with Gasteiger partial charge in [0.1, 0.15) is 11.3 Å². The minimum absolute atomic E-state index is 0.0683. The third-order valence-electron chi connectivity index (χ3n) is 5.72. The number of hydrogen-bond donors (Lipinski definition) is 1. The summed E-state index contributed by atoms with van der Waals surface area (Å²) in [5, 5.41) is 10.9. The average molecular weight is 460 g/mol. The normalized spacial score (nSPS) is 17.5. The molecule has 1 aliphatic rings. The number of carbonyl (C=O) groups excluding carboxylic acids is 1. The van der Waals surface area contributed by atoms with Crippen molar-refractivity contribution in [2.24, 2.45) is 5.92 Å². The van der Waals surface area contributed by atoms with Gasteiger partial charge in [0.2, 0.25) is 15.9 Å². The zero-order valence-electron chi connectivity index (χ0n) is 17.9. The molecule has 0 unspecified atom stereocenters. The maximum atomic E-state index is 13.8. The van der Waals surface area contributed by atoms with Crippen LogP contribution < -0.4 is 5.32 Å². The number of amides is 1. The first-order valence-electron chi connectivity index (χ1n) is 10.7. The van der Waals surface area contributed by atoms with E-state index in [0.717, 1.165) is 11.9 Å². The first-order valence-corrected chi connectivity index (χ1v) is 12.2. The smallest absolute Gasteiger partial charge is 0.243 e. The van der Waals surface area contributed by atoms with Crippen molar-refractivity contribution in [1.29, 1.82) is 0 Å². The molecule has 3 aromatic rings. The van der Waals surface area contributed by atoms with E-state index in [1.54, 1.807) is 35.0 Å². The van der Waals surface area contributed by atoms with Crippen LogP contribution in [0.5, 0.6) is 0 Å². The van der Waals surface area contributed by atoms with E-state index < -0.39 is 15.9 Å². The second-order valence-electron chi connectivity index (χ2n) is 7.97. The third-order valence-corrected chi connectivity index (χ3v) is 7.59. The van der Waals surface area contributed by atoms with Gasteiger partial charge >= 0.3 is 0 Å². The molecule has 0 saturated carbocycles. The predicted octanol–water partition coefficient (Wildman–Crippen LogP) is 2.70. The van der Waals surface area contributed by atoms with E-state index in [1.165, 1.54) is 16.4 Å². The lowest BCUT2D eigenvalue weighted by Crippen LogP contribution is -2.45. The summed E-state index contributed by atoms with van der Waals surface area (Å²) in [4.78, 5) is 12.8. The largest absolute Gasteiger partial charge is 0.352 e. The molecule has 1 aromatic heterocycles. The van der Waals surface area contributed by atoms with Crippen LogP contribution >= 0.6 is 0 Å². The van der Waals surface area contributed by atoms with E-state index >= 15 is 0 Å². The minimum Gasteiger partial charge on any atom is -0.352 e. The number of hydrogen-bond acceptors (Lipinski definition) is 5. The molecule has 4 rings (SSSR count). The van der Waals surface area contributed by atoms with Crippen LogP contribution in [0.1, 0.15) is 31.7 Å². The molecule has 1 atom stereocenters. The van der Waals surface area contributed by atoms with Gasteiger partial charge in [-0.3, -0.25) is 4.79 Å². The summed E-state index contributed by atoms with van der Waals surface area (Å²) in [7, 11) is -3.78. The molecule has 0 radical (unpaired) electrons. The standard InChI is InChI=1S/C22H26FN5O3S/c1-2-11-28-21-10-9-18(13-20(21)25-26-28)32(30,31)27-12-5-7-17(15-27)22(29)24-14-16-6-3-4-8-19(16)23/h3-4,6,8-10,13,17H,2,5,7,11-12,14-15H2,1H3,(H,24,29)/t17-/m1/s1. The van der Waals surface area contributed by atoms with Crippen LogP contribution in [0.2, 0.25) is 0 Å². The lowest BCUT2D eigenvalue weighted by molar-refractivity contribution is -0.126. The molecule has 1 amide bonds. The summed E-state index contributed by atoms with van der Waals surface area (Å²) in [6.45, 7) is 3.24. The number of nitrogens with zero attached hydrogens (tertiary/aromatic N) is 4. The van der Waals surface area contributed by atoms with Gasteiger partial charge in [-0.05, 0) is 43.5 Å². The highest BCUT2D eigenvalue weighted by Gasteiger charge is 2.33. The number of rotatable bonds is 7. The van der Waals surface area contributed by atoms with E-state index in [-0.39, 0.29) is 29.7 Å². The van der Waals surface area contributed by atoms with Crippen molar-refractivity contribution in [2.45, 2.75) is 44.2 Å². The zero-order valence-corrected chi connectivity index (χ0v) is 18.7. The summed E-state index contributed by atoms with van der Waals surface area (Å²) in [5.74, 6) is -1.14. The molecule has 0 bridgehead atoms. The lowest BCUT2D eigenvalue weighted by Gasteiger charge is -2.31.